The van der Waals surface area contributed by atoms with E-state index < -0.39 is 33.8 Å². The highest BCUT2D eigenvalue weighted by Gasteiger charge is 2.38. The Morgan fingerprint density at radius 2 is 2.00 bits per heavy atom. The fourth-order valence-electron chi connectivity index (χ4n) is 2.72. The number of aliphatic hydroxyl groups excluding tert-OH is 1. The molecule has 0 saturated heterocycles. The van der Waals surface area contributed by atoms with Gasteiger partial charge in [0.1, 0.15) is 4.90 Å². The number of aromatic nitrogens is 2. The average Bonchev–Trinajstić information content (AvgIpc) is 2.81. The van der Waals surface area contributed by atoms with Crippen LogP contribution in [0.1, 0.15) is 41.9 Å². The van der Waals surface area contributed by atoms with E-state index in [9.17, 15) is 18.3 Å². The lowest BCUT2D eigenvalue weighted by Gasteiger charge is -2.34. The van der Waals surface area contributed by atoms with Crippen molar-refractivity contribution in [1.82, 2.24) is 14.5 Å². The molecule has 3 N–H and O–H groups in total. The maximum absolute atomic E-state index is 12.7. The molecule has 0 aromatic carbocycles. The molecule has 1 saturated carbocycles. The summed E-state index contributed by atoms with van der Waals surface area (Å²) < 4.78 is 26.4. The van der Waals surface area contributed by atoms with Crippen LogP contribution in [0, 0.1) is 6.92 Å². The summed E-state index contributed by atoms with van der Waals surface area (Å²) in [6.07, 6.45) is 2.05. The highest BCUT2D eigenvalue weighted by atomic mass is 32.2. The van der Waals surface area contributed by atoms with Crippen LogP contribution in [0.15, 0.2) is 4.90 Å². The lowest BCUT2D eigenvalue weighted by molar-refractivity contribution is 0.0636. The molecule has 118 valence electrons. The Morgan fingerprint density at radius 1 is 1.38 bits per heavy atom. The first-order chi connectivity index (χ1) is 9.76. The fourth-order valence-corrected chi connectivity index (χ4v) is 4.42. The summed E-state index contributed by atoms with van der Waals surface area (Å²) in [5.74, 6) is -1.41. The molecule has 0 spiro atoms. The third-order valence-corrected chi connectivity index (χ3v) is 5.94. The molecule has 0 radical (unpaired) electrons. The third-order valence-electron chi connectivity index (χ3n) is 3.89. The summed E-state index contributed by atoms with van der Waals surface area (Å²) in [5.41, 5.74) is -0.353. The third kappa shape index (κ3) is 2.81. The molecule has 9 heteroatoms. The van der Waals surface area contributed by atoms with Crippen LogP contribution in [-0.2, 0) is 10.0 Å². The molecular formula is C12H19N3O5S. The Labute approximate surface area is 122 Å². The topological polar surface area (TPSA) is 124 Å². The van der Waals surface area contributed by atoms with Crippen LogP contribution in [0.25, 0.3) is 0 Å². The van der Waals surface area contributed by atoms with Gasteiger partial charge in [-0.3, -0.25) is 5.10 Å². The molecule has 0 bridgehead atoms. The predicted octanol–water partition coefficient (Wildman–Crippen LogP) is 0.340. The van der Waals surface area contributed by atoms with Crippen LogP contribution in [0.5, 0.6) is 0 Å². The molecule has 1 aliphatic rings. The maximum atomic E-state index is 12.7. The van der Waals surface area contributed by atoms with Crippen molar-refractivity contribution in [2.75, 3.05) is 7.05 Å². The highest BCUT2D eigenvalue weighted by Crippen LogP contribution is 2.29. The van der Waals surface area contributed by atoms with E-state index in [-0.39, 0.29) is 10.6 Å². The Hall–Kier alpha value is -1.45. The molecule has 1 heterocycles. The Bertz CT molecular complexity index is 639. The summed E-state index contributed by atoms with van der Waals surface area (Å²) in [7, 11) is -2.67. The minimum Gasteiger partial charge on any atom is -0.476 e. The number of nitrogens with one attached hydrogen (secondary N) is 1. The predicted molar refractivity (Wildman–Crippen MR) is 73.5 cm³/mol. The zero-order valence-electron chi connectivity index (χ0n) is 11.9. The normalized spacial score (nSPS) is 23.4. The van der Waals surface area contributed by atoms with Gasteiger partial charge >= 0.3 is 5.97 Å². The molecule has 21 heavy (non-hydrogen) atoms. The molecule has 2 unspecified atom stereocenters. The van der Waals surface area contributed by atoms with Crippen LogP contribution in [0.4, 0.5) is 0 Å². The first-order valence-corrected chi connectivity index (χ1v) is 8.15. The van der Waals surface area contributed by atoms with E-state index >= 15 is 0 Å². The Morgan fingerprint density at radius 3 is 2.57 bits per heavy atom. The Kier molecular flexibility index (Phi) is 4.35. The van der Waals surface area contributed by atoms with E-state index in [1.807, 2.05) is 0 Å². The van der Waals surface area contributed by atoms with Crippen molar-refractivity contribution in [1.29, 1.82) is 0 Å². The first-order valence-electron chi connectivity index (χ1n) is 6.71. The van der Waals surface area contributed by atoms with E-state index in [1.54, 1.807) is 0 Å². The number of hydrogen-bond acceptors (Lipinski definition) is 5. The van der Waals surface area contributed by atoms with Crippen LogP contribution >= 0.6 is 0 Å². The number of carboxylic acids is 1. The molecule has 1 aromatic rings. The number of aromatic carboxylic acids is 1. The number of carboxylic acid groups (broad SMARTS) is 1. The minimum absolute atomic E-state index is 0.171. The van der Waals surface area contributed by atoms with E-state index in [4.69, 9.17) is 5.11 Å². The van der Waals surface area contributed by atoms with Gasteiger partial charge in [0.05, 0.1) is 17.8 Å². The van der Waals surface area contributed by atoms with Gasteiger partial charge < -0.3 is 10.2 Å². The quantitative estimate of drug-likeness (QED) is 0.735. The second-order valence-electron chi connectivity index (χ2n) is 5.27. The number of H-pyrrole nitrogens is 1. The SMILES string of the molecule is Cc1[nH]nc(C(=O)O)c1S(=O)(=O)N(C)C1CCCCC1O. The maximum Gasteiger partial charge on any atom is 0.357 e. The highest BCUT2D eigenvalue weighted by molar-refractivity contribution is 7.89. The summed E-state index contributed by atoms with van der Waals surface area (Å²) >= 11 is 0. The van der Waals surface area contributed by atoms with Gasteiger partial charge in [-0.25, -0.2) is 13.2 Å². The average molecular weight is 317 g/mol. The number of nitrogens with zero attached hydrogens (tertiary/aromatic N) is 2. The Balaban J connectivity index is 2.42. The number of sulfonamides is 1. The van der Waals surface area contributed by atoms with Gasteiger partial charge in [0.25, 0.3) is 0 Å². The zero-order chi connectivity index (χ0) is 15.8. The summed E-state index contributed by atoms with van der Waals surface area (Å²) in [5, 5.41) is 25.0. The van der Waals surface area contributed by atoms with Crippen molar-refractivity contribution in [3.05, 3.63) is 11.4 Å². The summed E-state index contributed by atoms with van der Waals surface area (Å²) in [6.45, 7) is 1.46. The first kappa shape index (κ1) is 15.9. The fraction of sp³-hybridized carbons (Fsp3) is 0.667. The lowest BCUT2D eigenvalue weighted by Crippen LogP contribution is -2.46. The van der Waals surface area contributed by atoms with Crippen molar-refractivity contribution in [3.63, 3.8) is 0 Å². The number of aromatic amines is 1. The van der Waals surface area contributed by atoms with Gasteiger partial charge in [0.2, 0.25) is 10.0 Å². The monoisotopic (exact) mass is 317 g/mol. The van der Waals surface area contributed by atoms with Crippen molar-refractivity contribution in [2.45, 2.75) is 49.6 Å². The van der Waals surface area contributed by atoms with E-state index in [2.05, 4.69) is 10.2 Å². The molecule has 8 nitrogen and oxygen atoms in total. The van der Waals surface area contributed by atoms with Gasteiger partial charge in [-0.05, 0) is 19.8 Å². The number of hydrogen-bond donors (Lipinski definition) is 3. The molecule has 0 aliphatic heterocycles. The van der Waals surface area contributed by atoms with Gasteiger partial charge in [-0.1, -0.05) is 12.8 Å². The number of likely N-dealkylation sites (N-methyl/N-ethyl adjacent to an activating group) is 1. The summed E-state index contributed by atoms with van der Waals surface area (Å²) in [6, 6.07) is -0.542. The number of aliphatic hydroxyl groups is 1. The van der Waals surface area contributed by atoms with Crippen LogP contribution < -0.4 is 0 Å². The van der Waals surface area contributed by atoms with Gasteiger partial charge in [0, 0.05) is 7.05 Å². The van der Waals surface area contributed by atoms with Crippen molar-refractivity contribution >= 4 is 16.0 Å². The largest absolute Gasteiger partial charge is 0.476 e. The van der Waals surface area contributed by atoms with Gasteiger partial charge in [-0.2, -0.15) is 9.40 Å². The number of carbonyl (C=O) groups is 1. The number of aryl methyl sites for hydroxylation is 1. The minimum atomic E-state index is -4.04. The molecule has 1 aromatic heterocycles. The molecule has 0 amide bonds. The zero-order valence-corrected chi connectivity index (χ0v) is 12.7. The smallest absolute Gasteiger partial charge is 0.357 e. The van der Waals surface area contributed by atoms with Crippen LogP contribution in [-0.4, -0.2) is 58.3 Å². The van der Waals surface area contributed by atoms with Crippen molar-refractivity contribution < 1.29 is 23.4 Å². The molecule has 2 rings (SSSR count). The van der Waals surface area contributed by atoms with E-state index in [0.29, 0.717) is 12.8 Å². The van der Waals surface area contributed by atoms with Gasteiger partial charge in [-0.15, -0.1) is 0 Å². The molecule has 1 fully saturated rings. The summed E-state index contributed by atoms with van der Waals surface area (Å²) in [4.78, 5) is 10.8. The molecule has 2 atom stereocenters. The van der Waals surface area contributed by atoms with Gasteiger partial charge in [0.15, 0.2) is 5.69 Å². The second-order valence-corrected chi connectivity index (χ2v) is 7.21. The van der Waals surface area contributed by atoms with E-state index in [0.717, 1.165) is 17.1 Å². The molecular weight excluding hydrogens is 298 g/mol. The standard InChI is InChI=1S/C12H19N3O5S/c1-7-11(10(12(17)18)14-13-7)21(19,20)15(2)8-5-3-4-6-9(8)16/h8-9,16H,3-6H2,1-2H3,(H,13,14)(H,17,18). The van der Waals surface area contributed by atoms with Crippen LogP contribution in [0.2, 0.25) is 0 Å². The molecule has 1 aliphatic carbocycles. The van der Waals surface area contributed by atoms with E-state index in [1.165, 1.54) is 14.0 Å². The van der Waals surface area contributed by atoms with Crippen molar-refractivity contribution in [2.24, 2.45) is 0 Å². The number of rotatable bonds is 4. The van der Waals surface area contributed by atoms with Crippen molar-refractivity contribution in [3.8, 4) is 0 Å². The lowest BCUT2D eigenvalue weighted by atomic mass is 9.93. The van der Waals surface area contributed by atoms with Crippen LogP contribution in [0.3, 0.4) is 0 Å². The second kappa shape index (κ2) is 5.74.